The first-order valence-corrected chi connectivity index (χ1v) is 10.0. The van der Waals surface area contributed by atoms with Crippen LogP contribution in [-0.2, 0) is 11.3 Å². The monoisotopic (exact) mass is 382 g/mol. The Kier molecular flexibility index (Phi) is 5.05. The quantitative estimate of drug-likeness (QED) is 0.695. The number of benzene rings is 1. The molecule has 0 N–H and O–H groups in total. The highest BCUT2D eigenvalue weighted by atomic mass is 32.1. The predicted octanol–water partition coefficient (Wildman–Crippen LogP) is 2.36. The highest BCUT2D eigenvalue weighted by Crippen LogP contribution is 2.21. The van der Waals surface area contributed by atoms with Gasteiger partial charge in [-0.3, -0.25) is 19.1 Å². The van der Waals surface area contributed by atoms with Crippen LogP contribution in [0, 0.1) is 0 Å². The van der Waals surface area contributed by atoms with E-state index in [-0.39, 0.29) is 18.0 Å². The Morgan fingerprint density at radius 2 is 1.89 bits per heavy atom. The molecule has 0 saturated carbocycles. The maximum atomic E-state index is 12.7. The fourth-order valence-corrected chi connectivity index (χ4v) is 4.28. The normalized spacial score (nSPS) is 16.6. The van der Waals surface area contributed by atoms with Crippen LogP contribution in [0.1, 0.15) is 18.5 Å². The van der Waals surface area contributed by atoms with E-state index in [1.54, 1.807) is 6.07 Å². The zero-order valence-electron chi connectivity index (χ0n) is 15.2. The van der Waals surface area contributed by atoms with Crippen LogP contribution < -0.4 is 5.56 Å². The zero-order valence-corrected chi connectivity index (χ0v) is 16.1. The molecule has 1 aliphatic heterocycles. The summed E-state index contributed by atoms with van der Waals surface area (Å²) in [6.45, 7) is 5.27. The summed E-state index contributed by atoms with van der Waals surface area (Å²) in [6, 6.07) is 12.5. The molecule has 0 radical (unpaired) electrons. The molecule has 2 aromatic heterocycles. The number of carbonyl (C=O) groups is 1. The van der Waals surface area contributed by atoms with Crippen molar-refractivity contribution in [2.45, 2.75) is 19.5 Å². The second kappa shape index (κ2) is 7.62. The first-order valence-electron chi connectivity index (χ1n) is 9.13. The Hall–Kier alpha value is -2.51. The SMILES string of the molecule is C[C@@H](c1ccccc1)N1CCN(C(=O)Cn2cnc3sccc3c2=O)CC1. The van der Waals surface area contributed by atoms with Gasteiger partial charge in [0.1, 0.15) is 11.4 Å². The third-order valence-electron chi connectivity index (χ3n) is 5.25. The van der Waals surface area contributed by atoms with E-state index in [1.807, 2.05) is 16.3 Å². The Morgan fingerprint density at radius 3 is 2.63 bits per heavy atom. The molecule has 0 aliphatic carbocycles. The van der Waals surface area contributed by atoms with Crippen LogP contribution >= 0.6 is 11.3 Å². The van der Waals surface area contributed by atoms with E-state index in [0.717, 1.165) is 13.1 Å². The summed E-state index contributed by atoms with van der Waals surface area (Å²) >= 11 is 1.43. The van der Waals surface area contributed by atoms with E-state index in [2.05, 4.69) is 41.1 Å². The topological polar surface area (TPSA) is 58.4 Å². The summed E-state index contributed by atoms with van der Waals surface area (Å²) in [6.07, 6.45) is 1.48. The van der Waals surface area contributed by atoms with E-state index < -0.39 is 0 Å². The molecule has 1 aliphatic rings. The predicted molar refractivity (Wildman–Crippen MR) is 107 cm³/mol. The number of amides is 1. The number of fused-ring (bicyclic) bond motifs is 1. The van der Waals surface area contributed by atoms with Crippen molar-refractivity contribution < 1.29 is 4.79 Å². The number of carbonyl (C=O) groups excluding carboxylic acids is 1. The first-order chi connectivity index (χ1) is 13.1. The molecule has 0 spiro atoms. The lowest BCUT2D eigenvalue weighted by Crippen LogP contribution is -2.50. The van der Waals surface area contributed by atoms with Crippen LogP contribution in [0.25, 0.3) is 10.2 Å². The number of hydrogen-bond donors (Lipinski definition) is 0. The fourth-order valence-electron chi connectivity index (χ4n) is 3.55. The zero-order chi connectivity index (χ0) is 18.8. The minimum Gasteiger partial charge on any atom is -0.339 e. The van der Waals surface area contributed by atoms with E-state index in [0.29, 0.717) is 29.3 Å². The minimum absolute atomic E-state index is 0.0273. The lowest BCUT2D eigenvalue weighted by molar-refractivity contribution is -0.134. The van der Waals surface area contributed by atoms with Gasteiger partial charge in [0.2, 0.25) is 5.91 Å². The minimum atomic E-state index is -0.147. The molecule has 6 nitrogen and oxygen atoms in total. The molecule has 1 fully saturated rings. The number of aromatic nitrogens is 2. The smallest absolute Gasteiger partial charge is 0.262 e. The summed E-state index contributed by atoms with van der Waals surface area (Å²) in [4.78, 5) is 34.3. The van der Waals surface area contributed by atoms with Gasteiger partial charge in [-0.25, -0.2) is 4.98 Å². The van der Waals surface area contributed by atoms with Crippen LogP contribution in [0.15, 0.2) is 52.9 Å². The van der Waals surface area contributed by atoms with Crippen molar-refractivity contribution in [3.05, 3.63) is 64.0 Å². The van der Waals surface area contributed by atoms with Gasteiger partial charge in [-0.1, -0.05) is 30.3 Å². The van der Waals surface area contributed by atoms with Gasteiger partial charge in [-0.2, -0.15) is 0 Å². The molecule has 140 valence electrons. The van der Waals surface area contributed by atoms with Crippen molar-refractivity contribution in [3.63, 3.8) is 0 Å². The number of nitrogens with zero attached hydrogens (tertiary/aromatic N) is 4. The molecule has 7 heteroatoms. The van der Waals surface area contributed by atoms with Crippen molar-refractivity contribution in [2.24, 2.45) is 0 Å². The summed E-state index contributed by atoms with van der Waals surface area (Å²) in [5.41, 5.74) is 1.14. The van der Waals surface area contributed by atoms with E-state index in [4.69, 9.17) is 0 Å². The van der Waals surface area contributed by atoms with Crippen LogP contribution in [0.4, 0.5) is 0 Å². The van der Waals surface area contributed by atoms with Gasteiger partial charge < -0.3 is 4.90 Å². The van der Waals surface area contributed by atoms with E-state index in [9.17, 15) is 9.59 Å². The summed E-state index contributed by atoms with van der Waals surface area (Å²) in [5.74, 6) is -0.0273. The number of thiophene rings is 1. The molecule has 4 rings (SSSR count). The van der Waals surface area contributed by atoms with Crippen LogP contribution in [0.2, 0.25) is 0 Å². The average Bonchev–Trinajstić information content (AvgIpc) is 3.20. The second-order valence-electron chi connectivity index (χ2n) is 6.82. The van der Waals surface area contributed by atoms with Crippen molar-refractivity contribution in [2.75, 3.05) is 26.2 Å². The van der Waals surface area contributed by atoms with Gasteiger partial charge in [0.05, 0.1) is 11.7 Å². The maximum absolute atomic E-state index is 12.7. The largest absolute Gasteiger partial charge is 0.339 e. The highest BCUT2D eigenvalue weighted by molar-refractivity contribution is 7.16. The summed E-state index contributed by atoms with van der Waals surface area (Å²) in [5, 5.41) is 2.43. The molecule has 3 aromatic rings. The van der Waals surface area contributed by atoms with Crippen molar-refractivity contribution >= 4 is 27.5 Å². The molecular weight excluding hydrogens is 360 g/mol. The van der Waals surface area contributed by atoms with Gasteiger partial charge >= 0.3 is 0 Å². The standard InChI is InChI=1S/C20H22N4O2S/c1-15(16-5-3-2-4-6-16)22-8-10-23(11-9-22)18(25)13-24-14-21-19-17(20(24)26)7-12-27-19/h2-7,12,14-15H,8-11,13H2,1H3/t15-/m0/s1. The fraction of sp³-hybridized carbons (Fsp3) is 0.350. The Balaban J connectivity index is 1.38. The van der Waals surface area contributed by atoms with Crippen molar-refractivity contribution in [3.8, 4) is 0 Å². The van der Waals surface area contributed by atoms with Crippen LogP contribution in [-0.4, -0.2) is 51.4 Å². The molecule has 0 bridgehead atoms. The average molecular weight is 382 g/mol. The van der Waals surface area contributed by atoms with Gasteiger partial charge in [0.25, 0.3) is 5.56 Å². The molecule has 0 unspecified atom stereocenters. The van der Waals surface area contributed by atoms with Gasteiger partial charge in [-0.15, -0.1) is 11.3 Å². The molecule has 1 amide bonds. The Morgan fingerprint density at radius 1 is 1.15 bits per heavy atom. The van der Waals surface area contributed by atoms with Gasteiger partial charge in [0.15, 0.2) is 0 Å². The van der Waals surface area contributed by atoms with Gasteiger partial charge in [0, 0.05) is 32.2 Å². The molecular formula is C20H22N4O2S. The van der Waals surface area contributed by atoms with E-state index >= 15 is 0 Å². The maximum Gasteiger partial charge on any atom is 0.262 e. The Labute approximate surface area is 161 Å². The van der Waals surface area contributed by atoms with Crippen LogP contribution in [0.3, 0.4) is 0 Å². The van der Waals surface area contributed by atoms with Crippen LogP contribution in [0.5, 0.6) is 0 Å². The number of hydrogen-bond acceptors (Lipinski definition) is 5. The van der Waals surface area contributed by atoms with Gasteiger partial charge in [-0.05, 0) is 23.9 Å². The molecule has 1 saturated heterocycles. The Bertz CT molecular complexity index is 990. The number of piperazine rings is 1. The third-order valence-corrected chi connectivity index (χ3v) is 6.07. The molecule has 27 heavy (non-hydrogen) atoms. The first kappa shape index (κ1) is 17.9. The summed E-state index contributed by atoms with van der Waals surface area (Å²) < 4.78 is 1.41. The molecule has 1 aromatic carbocycles. The van der Waals surface area contributed by atoms with Crippen molar-refractivity contribution in [1.82, 2.24) is 19.4 Å². The molecule has 3 heterocycles. The summed E-state index contributed by atoms with van der Waals surface area (Å²) in [7, 11) is 0. The third kappa shape index (κ3) is 3.65. The highest BCUT2D eigenvalue weighted by Gasteiger charge is 2.25. The lowest BCUT2D eigenvalue weighted by Gasteiger charge is -2.38. The lowest BCUT2D eigenvalue weighted by atomic mass is 10.1. The molecule has 1 atom stereocenters. The van der Waals surface area contributed by atoms with Crippen molar-refractivity contribution in [1.29, 1.82) is 0 Å². The number of rotatable bonds is 4. The second-order valence-corrected chi connectivity index (χ2v) is 7.72. The van der Waals surface area contributed by atoms with E-state index in [1.165, 1.54) is 27.8 Å².